The molecule has 0 saturated heterocycles. The second-order valence-electron chi connectivity index (χ2n) is 5.99. The summed E-state index contributed by atoms with van der Waals surface area (Å²) in [6.45, 7) is 4.57. The molecule has 1 unspecified atom stereocenters. The first-order valence-corrected chi connectivity index (χ1v) is 6.70. The van der Waals surface area contributed by atoms with E-state index in [2.05, 4.69) is 43.4 Å². The van der Waals surface area contributed by atoms with Gasteiger partial charge >= 0.3 is 0 Å². The highest BCUT2D eigenvalue weighted by Crippen LogP contribution is 2.46. The molecule has 0 bridgehead atoms. The first-order chi connectivity index (χ1) is 9.06. The molecule has 0 spiro atoms. The molecule has 3 rings (SSSR count). The van der Waals surface area contributed by atoms with Crippen LogP contribution in [0.3, 0.4) is 0 Å². The second kappa shape index (κ2) is 4.30. The Morgan fingerprint density at radius 1 is 1.11 bits per heavy atom. The van der Waals surface area contributed by atoms with Crippen LogP contribution >= 0.6 is 0 Å². The van der Waals surface area contributed by atoms with Gasteiger partial charge in [0.2, 0.25) is 0 Å². The monoisotopic (exact) mass is 253 g/mol. The number of fused-ring (bicyclic) bond motifs is 1. The van der Waals surface area contributed by atoms with E-state index >= 15 is 0 Å². The molecule has 1 aliphatic carbocycles. The Morgan fingerprint density at radius 3 is 2.68 bits per heavy atom. The Balaban J connectivity index is 1.95. The summed E-state index contributed by atoms with van der Waals surface area (Å²) in [5, 5.41) is 13.1. The summed E-state index contributed by atoms with van der Waals surface area (Å²) in [6, 6.07) is 16.2. The van der Waals surface area contributed by atoms with Crippen molar-refractivity contribution < 1.29 is 5.11 Å². The lowest BCUT2D eigenvalue weighted by Crippen LogP contribution is -2.24. The Hall–Kier alpha value is -1.96. The molecular formula is C17H19NO. The molecule has 1 aliphatic rings. The summed E-state index contributed by atoms with van der Waals surface area (Å²) in [4.78, 5) is 0. The molecule has 0 aliphatic heterocycles. The number of hydrogen-bond acceptors (Lipinski definition) is 2. The van der Waals surface area contributed by atoms with Gasteiger partial charge in [-0.15, -0.1) is 0 Å². The van der Waals surface area contributed by atoms with Gasteiger partial charge in [0.05, 0.1) is 6.04 Å². The zero-order chi connectivity index (χ0) is 13.5. The Kier molecular flexibility index (Phi) is 2.74. The van der Waals surface area contributed by atoms with Gasteiger partial charge in [-0.2, -0.15) is 0 Å². The van der Waals surface area contributed by atoms with Crippen molar-refractivity contribution in [1.29, 1.82) is 0 Å². The SMILES string of the molecule is CC1(C)Cc2ccccc2C1Nc1cccc(O)c1. The number of aromatic hydroxyl groups is 1. The summed E-state index contributed by atoms with van der Waals surface area (Å²) in [5.74, 6) is 0.300. The van der Waals surface area contributed by atoms with Crippen LogP contribution in [0.2, 0.25) is 0 Å². The number of hydrogen-bond donors (Lipinski definition) is 2. The van der Waals surface area contributed by atoms with E-state index in [1.165, 1.54) is 11.1 Å². The van der Waals surface area contributed by atoms with Gasteiger partial charge in [0, 0.05) is 11.8 Å². The van der Waals surface area contributed by atoms with Crippen LogP contribution in [0, 0.1) is 5.41 Å². The van der Waals surface area contributed by atoms with Crippen molar-refractivity contribution in [3.05, 3.63) is 59.7 Å². The van der Waals surface area contributed by atoms with E-state index in [9.17, 15) is 5.11 Å². The third-order valence-corrected chi connectivity index (χ3v) is 3.95. The molecule has 0 radical (unpaired) electrons. The fourth-order valence-corrected chi connectivity index (χ4v) is 3.03. The van der Waals surface area contributed by atoms with E-state index in [0.29, 0.717) is 5.75 Å². The van der Waals surface area contributed by atoms with E-state index in [1.54, 1.807) is 12.1 Å². The van der Waals surface area contributed by atoms with Crippen molar-refractivity contribution >= 4 is 5.69 Å². The van der Waals surface area contributed by atoms with Gasteiger partial charge in [-0.25, -0.2) is 0 Å². The number of anilines is 1. The highest BCUT2D eigenvalue weighted by Gasteiger charge is 2.38. The van der Waals surface area contributed by atoms with Gasteiger partial charge in [-0.1, -0.05) is 44.2 Å². The van der Waals surface area contributed by atoms with Crippen LogP contribution in [-0.2, 0) is 6.42 Å². The fourth-order valence-electron chi connectivity index (χ4n) is 3.03. The Morgan fingerprint density at radius 2 is 1.89 bits per heavy atom. The number of benzene rings is 2. The van der Waals surface area contributed by atoms with Gasteiger partial charge in [-0.05, 0) is 35.1 Å². The highest BCUT2D eigenvalue weighted by atomic mass is 16.3. The standard InChI is InChI=1S/C17H19NO/c1-17(2)11-12-6-3-4-9-15(12)16(17)18-13-7-5-8-14(19)10-13/h3-10,16,18-19H,11H2,1-2H3. The maximum atomic E-state index is 9.57. The van der Waals surface area contributed by atoms with Gasteiger partial charge in [0.25, 0.3) is 0 Å². The van der Waals surface area contributed by atoms with E-state index < -0.39 is 0 Å². The largest absolute Gasteiger partial charge is 0.508 e. The average Bonchev–Trinajstić information content (AvgIpc) is 2.61. The zero-order valence-electron chi connectivity index (χ0n) is 11.4. The van der Waals surface area contributed by atoms with Crippen molar-refractivity contribution in [2.75, 3.05) is 5.32 Å². The van der Waals surface area contributed by atoms with E-state index in [4.69, 9.17) is 0 Å². The summed E-state index contributed by atoms with van der Waals surface area (Å²) in [7, 11) is 0. The molecule has 0 heterocycles. The lowest BCUT2D eigenvalue weighted by molar-refractivity contribution is 0.337. The molecule has 2 nitrogen and oxygen atoms in total. The van der Waals surface area contributed by atoms with Crippen molar-refractivity contribution in [1.82, 2.24) is 0 Å². The van der Waals surface area contributed by atoms with E-state index in [-0.39, 0.29) is 11.5 Å². The smallest absolute Gasteiger partial charge is 0.117 e. The third kappa shape index (κ3) is 2.19. The molecule has 0 fully saturated rings. The number of rotatable bonds is 2. The minimum atomic E-state index is 0.176. The van der Waals surface area contributed by atoms with Gasteiger partial charge in [-0.3, -0.25) is 0 Å². The minimum absolute atomic E-state index is 0.176. The predicted octanol–water partition coefficient (Wildman–Crippen LogP) is 4.13. The number of phenolic OH excluding ortho intramolecular Hbond substituents is 1. The summed E-state index contributed by atoms with van der Waals surface area (Å²) < 4.78 is 0. The normalized spacial score (nSPS) is 20.0. The maximum Gasteiger partial charge on any atom is 0.117 e. The van der Waals surface area contributed by atoms with Crippen molar-refractivity contribution in [2.24, 2.45) is 5.41 Å². The van der Waals surface area contributed by atoms with Crippen LogP contribution in [0.1, 0.15) is 31.0 Å². The molecule has 0 aromatic heterocycles. The maximum absolute atomic E-state index is 9.57. The van der Waals surface area contributed by atoms with E-state index in [1.807, 2.05) is 12.1 Å². The first kappa shape index (κ1) is 12.1. The third-order valence-electron chi connectivity index (χ3n) is 3.95. The second-order valence-corrected chi connectivity index (χ2v) is 5.99. The van der Waals surface area contributed by atoms with Crippen LogP contribution < -0.4 is 5.32 Å². The molecule has 2 aromatic carbocycles. The molecule has 0 amide bonds. The van der Waals surface area contributed by atoms with Gasteiger partial charge < -0.3 is 10.4 Å². The summed E-state index contributed by atoms with van der Waals surface area (Å²) >= 11 is 0. The minimum Gasteiger partial charge on any atom is -0.508 e. The summed E-state index contributed by atoms with van der Waals surface area (Å²) in [5.41, 5.74) is 3.94. The Labute approximate surface area is 114 Å². The van der Waals surface area contributed by atoms with Crippen molar-refractivity contribution in [3.63, 3.8) is 0 Å². The summed E-state index contributed by atoms with van der Waals surface area (Å²) in [6.07, 6.45) is 1.08. The molecule has 0 saturated carbocycles. The van der Waals surface area contributed by atoms with Crippen LogP contribution in [0.4, 0.5) is 5.69 Å². The molecular weight excluding hydrogens is 234 g/mol. The average molecular weight is 253 g/mol. The van der Waals surface area contributed by atoms with Gasteiger partial charge in [0.1, 0.15) is 5.75 Å². The van der Waals surface area contributed by atoms with Gasteiger partial charge in [0.15, 0.2) is 0 Å². The lowest BCUT2D eigenvalue weighted by Gasteiger charge is -2.29. The van der Waals surface area contributed by atoms with Crippen molar-refractivity contribution in [2.45, 2.75) is 26.3 Å². The number of nitrogens with one attached hydrogen (secondary N) is 1. The molecule has 2 aromatic rings. The Bertz CT molecular complexity index is 604. The lowest BCUT2D eigenvalue weighted by atomic mass is 9.85. The van der Waals surface area contributed by atoms with Crippen LogP contribution in [0.5, 0.6) is 5.75 Å². The predicted molar refractivity (Wildman–Crippen MR) is 78.4 cm³/mol. The fraction of sp³-hybridized carbons (Fsp3) is 0.294. The molecule has 98 valence electrons. The highest BCUT2D eigenvalue weighted by molar-refractivity contribution is 5.52. The topological polar surface area (TPSA) is 32.3 Å². The number of phenols is 1. The van der Waals surface area contributed by atoms with E-state index in [0.717, 1.165) is 12.1 Å². The van der Waals surface area contributed by atoms with Crippen molar-refractivity contribution in [3.8, 4) is 5.75 Å². The molecule has 2 heteroatoms. The molecule has 2 N–H and O–H groups in total. The molecule has 19 heavy (non-hydrogen) atoms. The quantitative estimate of drug-likeness (QED) is 0.843. The zero-order valence-corrected chi connectivity index (χ0v) is 11.4. The van der Waals surface area contributed by atoms with Crippen LogP contribution in [0.15, 0.2) is 48.5 Å². The van der Waals surface area contributed by atoms with Crippen LogP contribution in [-0.4, -0.2) is 5.11 Å². The first-order valence-electron chi connectivity index (χ1n) is 6.70. The van der Waals surface area contributed by atoms with Crippen LogP contribution in [0.25, 0.3) is 0 Å². The molecule has 1 atom stereocenters.